The van der Waals surface area contributed by atoms with E-state index in [0.29, 0.717) is 0 Å². The molecule has 0 aromatic heterocycles. The highest BCUT2D eigenvalue weighted by Crippen LogP contribution is 2.23. The lowest BCUT2D eigenvalue weighted by Crippen LogP contribution is -2.31. The van der Waals surface area contributed by atoms with E-state index in [4.69, 9.17) is 9.47 Å². The maximum Gasteiger partial charge on any atom is 0.120 e. The molecule has 2 aromatic rings. The molecule has 0 amide bonds. The second kappa shape index (κ2) is 7.14. The van der Waals surface area contributed by atoms with E-state index in [0.717, 1.165) is 11.5 Å². The van der Waals surface area contributed by atoms with Crippen LogP contribution in [0.15, 0.2) is 48.5 Å². The van der Waals surface area contributed by atoms with Gasteiger partial charge < -0.3 is 14.8 Å². The predicted molar refractivity (Wildman–Crippen MR) is 86.1 cm³/mol. The lowest BCUT2D eigenvalue weighted by atomic mass is 10.0. The van der Waals surface area contributed by atoms with Crippen molar-refractivity contribution in [3.63, 3.8) is 0 Å². The maximum atomic E-state index is 6.03. The average Bonchev–Trinajstić information content (AvgIpc) is 2.50. The van der Waals surface area contributed by atoms with Crippen LogP contribution in [0.3, 0.4) is 0 Å². The highest BCUT2D eigenvalue weighted by molar-refractivity contribution is 5.32. The van der Waals surface area contributed by atoms with Gasteiger partial charge in [0.15, 0.2) is 0 Å². The first-order valence-electron chi connectivity index (χ1n) is 7.18. The van der Waals surface area contributed by atoms with E-state index in [1.807, 2.05) is 31.3 Å². The largest absolute Gasteiger partial charge is 0.497 e. The lowest BCUT2D eigenvalue weighted by Gasteiger charge is -2.25. The van der Waals surface area contributed by atoms with Gasteiger partial charge in [-0.2, -0.15) is 0 Å². The van der Waals surface area contributed by atoms with Crippen molar-refractivity contribution in [1.29, 1.82) is 0 Å². The molecule has 0 aliphatic carbocycles. The fourth-order valence-electron chi connectivity index (χ4n) is 2.38. The molecule has 0 aliphatic rings. The fraction of sp³-hybridized carbons (Fsp3) is 0.333. The molecule has 0 aliphatic heterocycles. The van der Waals surface area contributed by atoms with Gasteiger partial charge in [-0.05, 0) is 50.7 Å². The summed E-state index contributed by atoms with van der Waals surface area (Å²) >= 11 is 0. The van der Waals surface area contributed by atoms with Crippen LogP contribution < -0.4 is 14.8 Å². The summed E-state index contributed by atoms with van der Waals surface area (Å²) in [5.74, 6) is 1.68. The maximum absolute atomic E-state index is 6.03. The molecule has 0 bridgehead atoms. The van der Waals surface area contributed by atoms with E-state index in [1.165, 1.54) is 11.1 Å². The van der Waals surface area contributed by atoms with Crippen LogP contribution in [0.5, 0.6) is 11.5 Å². The SMILES string of the molecule is CNC(c1ccc(C)cc1)C(C)Oc1ccc(OC)cc1. The van der Waals surface area contributed by atoms with Crippen molar-refractivity contribution < 1.29 is 9.47 Å². The zero-order chi connectivity index (χ0) is 15.2. The first-order valence-corrected chi connectivity index (χ1v) is 7.18. The van der Waals surface area contributed by atoms with Crippen LogP contribution in [0.25, 0.3) is 0 Å². The molecule has 1 N–H and O–H groups in total. The van der Waals surface area contributed by atoms with Crippen molar-refractivity contribution in [1.82, 2.24) is 5.32 Å². The zero-order valence-electron chi connectivity index (χ0n) is 13.1. The Morgan fingerprint density at radius 3 is 2.00 bits per heavy atom. The highest BCUT2D eigenvalue weighted by atomic mass is 16.5. The molecule has 21 heavy (non-hydrogen) atoms. The zero-order valence-corrected chi connectivity index (χ0v) is 13.1. The van der Waals surface area contributed by atoms with Crippen LogP contribution in [0.2, 0.25) is 0 Å². The smallest absolute Gasteiger partial charge is 0.120 e. The van der Waals surface area contributed by atoms with Gasteiger partial charge in [0.1, 0.15) is 17.6 Å². The van der Waals surface area contributed by atoms with Crippen molar-refractivity contribution in [3.8, 4) is 11.5 Å². The normalized spacial score (nSPS) is 13.5. The van der Waals surface area contributed by atoms with Crippen LogP contribution in [0.1, 0.15) is 24.1 Å². The highest BCUT2D eigenvalue weighted by Gasteiger charge is 2.19. The Kier molecular flexibility index (Phi) is 5.23. The third-order valence-electron chi connectivity index (χ3n) is 3.60. The van der Waals surface area contributed by atoms with Crippen molar-refractivity contribution in [2.75, 3.05) is 14.2 Å². The number of rotatable bonds is 6. The van der Waals surface area contributed by atoms with Gasteiger partial charge in [-0.1, -0.05) is 29.8 Å². The molecule has 112 valence electrons. The fourth-order valence-corrected chi connectivity index (χ4v) is 2.38. The van der Waals surface area contributed by atoms with E-state index in [9.17, 15) is 0 Å². The second-order valence-corrected chi connectivity index (χ2v) is 5.18. The molecular formula is C18H23NO2. The topological polar surface area (TPSA) is 30.5 Å². The minimum absolute atomic E-state index is 0.0195. The molecule has 0 radical (unpaired) electrons. The predicted octanol–water partition coefficient (Wildman–Crippen LogP) is 3.73. The summed E-state index contributed by atoms with van der Waals surface area (Å²) in [4.78, 5) is 0. The van der Waals surface area contributed by atoms with Crippen molar-refractivity contribution in [2.45, 2.75) is 26.0 Å². The van der Waals surface area contributed by atoms with Gasteiger partial charge in [-0.25, -0.2) is 0 Å². The molecule has 3 heteroatoms. The Balaban J connectivity index is 2.08. The summed E-state index contributed by atoms with van der Waals surface area (Å²) in [5.41, 5.74) is 2.49. The van der Waals surface area contributed by atoms with E-state index in [1.54, 1.807) is 7.11 Å². The number of methoxy groups -OCH3 is 1. The monoisotopic (exact) mass is 285 g/mol. The van der Waals surface area contributed by atoms with Crippen LogP contribution in [0.4, 0.5) is 0 Å². The van der Waals surface area contributed by atoms with Crippen LogP contribution in [0, 0.1) is 6.92 Å². The number of nitrogens with one attached hydrogen (secondary N) is 1. The molecule has 0 fully saturated rings. The molecule has 3 nitrogen and oxygen atoms in total. The van der Waals surface area contributed by atoms with Crippen molar-refractivity contribution in [3.05, 3.63) is 59.7 Å². The summed E-state index contributed by atoms with van der Waals surface area (Å²) in [7, 11) is 3.62. The molecule has 0 heterocycles. The van der Waals surface area contributed by atoms with E-state index < -0.39 is 0 Å². The third-order valence-corrected chi connectivity index (χ3v) is 3.60. The van der Waals surface area contributed by atoms with Gasteiger partial charge in [-0.15, -0.1) is 0 Å². The van der Waals surface area contributed by atoms with E-state index >= 15 is 0 Å². The second-order valence-electron chi connectivity index (χ2n) is 5.18. The molecule has 0 spiro atoms. The Morgan fingerprint density at radius 2 is 1.48 bits per heavy atom. The summed E-state index contributed by atoms with van der Waals surface area (Å²) < 4.78 is 11.2. The molecule has 0 saturated carbocycles. The summed E-state index contributed by atoms with van der Waals surface area (Å²) in [6, 6.07) is 16.3. The Bertz CT molecular complexity index is 548. The van der Waals surface area contributed by atoms with Gasteiger partial charge in [0.05, 0.1) is 13.2 Å². The molecular weight excluding hydrogens is 262 g/mol. The number of benzene rings is 2. The quantitative estimate of drug-likeness (QED) is 0.877. The number of hydrogen-bond donors (Lipinski definition) is 1. The standard InChI is InChI=1S/C18H23NO2/c1-13-5-7-15(8-6-13)18(19-3)14(2)21-17-11-9-16(20-4)10-12-17/h5-12,14,18-19H,1-4H3. The summed E-state index contributed by atoms with van der Waals surface area (Å²) in [6.45, 7) is 4.17. The first-order chi connectivity index (χ1) is 10.1. The van der Waals surface area contributed by atoms with Gasteiger partial charge in [0, 0.05) is 0 Å². The molecule has 2 aromatic carbocycles. The van der Waals surface area contributed by atoms with Crippen molar-refractivity contribution in [2.24, 2.45) is 0 Å². The number of likely N-dealkylation sites (N-methyl/N-ethyl adjacent to an activating group) is 1. The molecule has 2 rings (SSSR count). The van der Waals surface area contributed by atoms with Gasteiger partial charge >= 0.3 is 0 Å². The van der Waals surface area contributed by atoms with Crippen LogP contribution in [-0.2, 0) is 0 Å². The van der Waals surface area contributed by atoms with Crippen LogP contribution >= 0.6 is 0 Å². The molecule has 2 atom stereocenters. The Hall–Kier alpha value is -2.00. The summed E-state index contributed by atoms with van der Waals surface area (Å²) in [6.07, 6.45) is 0.0195. The lowest BCUT2D eigenvalue weighted by molar-refractivity contribution is 0.175. The summed E-state index contributed by atoms with van der Waals surface area (Å²) in [5, 5.41) is 3.33. The van der Waals surface area contributed by atoms with Gasteiger partial charge in [0.2, 0.25) is 0 Å². The number of aryl methyl sites for hydroxylation is 1. The van der Waals surface area contributed by atoms with Gasteiger partial charge in [0.25, 0.3) is 0 Å². The minimum atomic E-state index is 0.0195. The Morgan fingerprint density at radius 1 is 0.905 bits per heavy atom. The van der Waals surface area contributed by atoms with E-state index in [-0.39, 0.29) is 12.1 Å². The van der Waals surface area contributed by atoms with E-state index in [2.05, 4.69) is 43.4 Å². The first kappa shape index (κ1) is 15.4. The minimum Gasteiger partial charge on any atom is -0.497 e. The van der Waals surface area contributed by atoms with Crippen LogP contribution in [-0.4, -0.2) is 20.3 Å². The average molecular weight is 285 g/mol. The third kappa shape index (κ3) is 3.99. The molecule has 2 unspecified atom stereocenters. The Labute approximate surface area is 126 Å². The number of ether oxygens (including phenoxy) is 2. The van der Waals surface area contributed by atoms with Gasteiger partial charge in [-0.3, -0.25) is 0 Å². The molecule has 0 saturated heterocycles. The number of hydrogen-bond acceptors (Lipinski definition) is 3. The van der Waals surface area contributed by atoms with Crippen molar-refractivity contribution >= 4 is 0 Å².